The Morgan fingerprint density at radius 2 is 1.81 bits per heavy atom. The second-order valence-corrected chi connectivity index (χ2v) is 5.03. The maximum absolute atomic E-state index is 12.3. The third-order valence-electron chi connectivity index (χ3n) is 4.18. The van der Waals surface area contributed by atoms with Crippen LogP contribution >= 0.6 is 0 Å². The summed E-state index contributed by atoms with van der Waals surface area (Å²) in [5.41, 5.74) is 4.78. The van der Waals surface area contributed by atoms with Crippen LogP contribution in [0.1, 0.15) is 44.9 Å². The summed E-state index contributed by atoms with van der Waals surface area (Å²) in [6.07, 6.45) is 7.90. The maximum Gasteiger partial charge on any atom is 0.187 e. The fourth-order valence-corrected chi connectivity index (χ4v) is 3.45. The number of allylic oxidation sites excluding steroid dienone is 2. The largest absolute Gasteiger partial charge is 0.372 e. The molecule has 1 saturated carbocycles. The molecule has 0 aromatic heterocycles. The Bertz CT molecular complexity index is 393. The van der Waals surface area contributed by atoms with Crippen molar-refractivity contribution in [2.45, 2.75) is 51.0 Å². The van der Waals surface area contributed by atoms with Crippen molar-refractivity contribution in [1.29, 1.82) is 0 Å². The molecule has 0 N–H and O–H groups in total. The molecule has 3 aliphatic rings. The van der Waals surface area contributed by atoms with E-state index in [4.69, 9.17) is 4.74 Å². The number of rotatable bonds is 1. The van der Waals surface area contributed by atoms with Gasteiger partial charge in [-0.25, -0.2) is 0 Å². The Labute approximate surface area is 96.4 Å². The molecule has 16 heavy (non-hydrogen) atoms. The van der Waals surface area contributed by atoms with Gasteiger partial charge >= 0.3 is 0 Å². The van der Waals surface area contributed by atoms with Gasteiger partial charge in [0.05, 0.1) is 0 Å². The molecular weight excluding hydrogens is 200 g/mol. The van der Waals surface area contributed by atoms with Crippen molar-refractivity contribution in [2.75, 3.05) is 7.11 Å². The number of carbonyl (C=O) groups is 1. The molecule has 0 aliphatic heterocycles. The van der Waals surface area contributed by atoms with Crippen LogP contribution in [0.15, 0.2) is 22.3 Å². The molecule has 2 nitrogen and oxygen atoms in total. The lowest BCUT2D eigenvalue weighted by molar-refractivity contribution is -0.112. The van der Waals surface area contributed by atoms with E-state index in [1.807, 2.05) is 0 Å². The van der Waals surface area contributed by atoms with Crippen LogP contribution in [0, 0.1) is 0 Å². The van der Waals surface area contributed by atoms with Crippen molar-refractivity contribution < 1.29 is 9.53 Å². The summed E-state index contributed by atoms with van der Waals surface area (Å²) < 4.78 is 5.58. The van der Waals surface area contributed by atoms with Crippen LogP contribution in [0.25, 0.3) is 0 Å². The van der Waals surface area contributed by atoms with Crippen LogP contribution in [0.4, 0.5) is 0 Å². The van der Waals surface area contributed by atoms with Crippen LogP contribution in [0.3, 0.4) is 0 Å². The van der Waals surface area contributed by atoms with E-state index in [9.17, 15) is 4.79 Å². The van der Waals surface area contributed by atoms with E-state index in [0.29, 0.717) is 5.78 Å². The first-order chi connectivity index (χ1) is 7.83. The third-order valence-corrected chi connectivity index (χ3v) is 4.18. The van der Waals surface area contributed by atoms with Crippen LogP contribution in [0.2, 0.25) is 0 Å². The van der Waals surface area contributed by atoms with E-state index in [0.717, 1.165) is 43.3 Å². The predicted molar refractivity (Wildman–Crippen MR) is 62.2 cm³/mol. The quantitative estimate of drug-likeness (QED) is 0.632. The van der Waals surface area contributed by atoms with Crippen molar-refractivity contribution in [3.63, 3.8) is 0 Å². The van der Waals surface area contributed by atoms with Gasteiger partial charge < -0.3 is 4.74 Å². The molecule has 0 heterocycles. The summed E-state index contributed by atoms with van der Waals surface area (Å²) in [6.45, 7) is 0. The highest BCUT2D eigenvalue weighted by atomic mass is 16.5. The van der Waals surface area contributed by atoms with Gasteiger partial charge in [-0.1, -0.05) is 5.57 Å². The number of hydrogen-bond acceptors (Lipinski definition) is 2. The molecule has 0 aromatic carbocycles. The van der Waals surface area contributed by atoms with E-state index in [2.05, 4.69) is 0 Å². The van der Waals surface area contributed by atoms with Crippen LogP contribution in [-0.4, -0.2) is 19.0 Å². The van der Waals surface area contributed by atoms with E-state index >= 15 is 0 Å². The molecule has 0 aromatic rings. The summed E-state index contributed by atoms with van der Waals surface area (Å²) in [7, 11) is 1.74. The van der Waals surface area contributed by atoms with E-state index < -0.39 is 0 Å². The molecule has 3 rings (SSSR count). The Morgan fingerprint density at radius 1 is 1.06 bits per heavy atom. The molecule has 1 unspecified atom stereocenters. The van der Waals surface area contributed by atoms with Gasteiger partial charge in [0.15, 0.2) is 5.78 Å². The molecular formula is C14H18O2. The van der Waals surface area contributed by atoms with Gasteiger partial charge in [0.25, 0.3) is 0 Å². The third kappa shape index (κ3) is 1.32. The zero-order chi connectivity index (χ0) is 11.1. The topological polar surface area (TPSA) is 26.3 Å². The summed E-state index contributed by atoms with van der Waals surface area (Å²) >= 11 is 0. The Hall–Kier alpha value is -0.890. The van der Waals surface area contributed by atoms with Gasteiger partial charge in [-0.3, -0.25) is 4.79 Å². The average molecular weight is 218 g/mol. The smallest absolute Gasteiger partial charge is 0.187 e. The Morgan fingerprint density at radius 3 is 2.50 bits per heavy atom. The number of carbonyl (C=O) groups excluding carboxylic acids is 1. The van der Waals surface area contributed by atoms with Crippen molar-refractivity contribution in [1.82, 2.24) is 0 Å². The molecule has 0 spiro atoms. The molecule has 1 atom stereocenters. The lowest BCUT2D eigenvalue weighted by Gasteiger charge is -2.16. The SMILES string of the molecule is COC1C2=C(CCC2)C(=O)C1=C1CCCC1. The summed E-state index contributed by atoms with van der Waals surface area (Å²) in [6, 6.07) is 0. The van der Waals surface area contributed by atoms with Crippen LogP contribution < -0.4 is 0 Å². The second-order valence-electron chi connectivity index (χ2n) is 5.03. The van der Waals surface area contributed by atoms with Gasteiger partial charge in [0, 0.05) is 18.3 Å². The molecule has 0 bridgehead atoms. The van der Waals surface area contributed by atoms with Gasteiger partial charge in [0.1, 0.15) is 6.10 Å². The molecule has 0 saturated heterocycles. The molecule has 0 amide bonds. The van der Waals surface area contributed by atoms with Gasteiger partial charge in [-0.05, 0) is 50.5 Å². The van der Waals surface area contributed by atoms with Crippen LogP contribution in [-0.2, 0) is 9.53 Å². The monoisotopic (exact) mass is 218 g/mol. The average Bonchev–Trinajstić information content (AvgIpc) is 2.95. The number of hydrogen-bond donors (Lipinski definition) is 0. The van der Waals surface area contributed by atoms with Gasteiger partial charge in [0.2, 0.25) is 0 Å². The summed E-state index contributed by atoms with van der Waals surface area (Å²) in [4.78, 5) is 12.3. The van der Waals surface area contributed by atoms with E-state index in [1.165, 1.54) is 24.0 Å². The van der Waals surface area contributed by atoms with Crippen LogP contribution in [0.5, 0.6) is 0 Å². The van der Waals surface area contributed by atoms with Gasteiger partial charge in [-0.2, -0.15) is 0 Å². The first-order valence-corrected chi connectivity index (χ1v) is 6.34. The van der Waals surface area contributed by atoms with Gasteiger partial charge in [-0.15, -0.1) is 0 Å². The molecule has 1 fully saturated rings. The highest BCUT2D eigenvalue weighted by Crippen LogP contribution is 2.44. The first kappa shape index (κ1) is 10.3. The minimum atomic E-state index is 0.0121. The predicted octanol–water partition coefficient (Wildman–Crippen LogP) is 2.94. The van der Waals surface area contributed by atoms with Crippen molar-refractivity contribution >= 4 is 5.78 Å². The zero-order valence-corrected chi connectivity index (χ0v) is 9.84. The normalized spacial score (nSPS) is 29.6. The first-order valence-electron chi connectivity index (χ1n) is 6.34. The number of Topliss-reactive ketones (excluding diaryl/α,β-unsaturated/α-hetero) is 1. The summed E-state index contributed by atoms with van der Waals surface area (Å²) in [5.74, 6) is 0.316. The lowest BCUT2D eigenvalue weighted by Crippen LogP contribution is -2.17. The fourth-order valence-electron chi connectivity index (χ4n) is 3.45. The molecule has 2 heteroatoms. The van der Waals surface area contributed by atoms with E-state index in [-0.39, 0.29) is 6.10 Å². The molecule has 0 radical (unpaired) electrons. The Kier molecular flexibility index (Phi) is 2.47. The Balaban J connectivity index is 2.03. The summed E-state index contributed by atoms with van der Waals surface area (Å²) in [5, 5.41) is 0. The minimum absolute atomic E-state index is 0.0121. The highest BCUT2D eigenvalue weighted by molar-refractivity contribution is 6.14. The molecule has 86 valence electrons. The van der Waals surface area contributed by atoms with Crippen molar-refractivity contribution in [2.24, 2.45) is 0 Å². The van der Waals surface area contributed by atoms with E-state index in [1.54, 1.807) is 7.11 Å². The number of ketones is 1. The standard InChI is InChI=1S/C14H18O2/c1-16-14-11-8-4-7-10(11)13(15)12(14)9-5-2-3-6-9/h14H,2-8H2,1H3. The van der Waals surface area contributed by atoms with Crippen molar-refractivity contribution in [3.8, 4) is 0 Å². The number of methoxy groups -OCH3 is 1. The maximum atomic E-state index is 12.3. The molecule has 3 aliphatic carbocycles. The minimum Gasteiger partial charge on any atom is -0.372 e. The zero-order valence-electron chi connectivity index (χ0n) is 9.84. The second kappa shape index (κ2) is 3.85. The lowest BCUT2D eigenvalue weighted by atomic mass is 9.97. The highest BCUT2D eigenvalue weighted by Gasteiger charge is 2.40. The van der Waals surface area contributed by atoms with Crippen molar-refractivity contribution in [3.05, 3.63) is 22.3 Å². The fraction of sp³-hybridized carbons (Fsp3) is 0.643. The number of ether oxygens (including phenoxy) is 1.